The van der Waals surface area contributed by atoms with E-state index in [-0.39, 0.29) is 0 Å². The van der Waals surface area contributed by atoms with E-state index in [1.54, 1.807) is 0 Å². The van der Waals surface area contributed by atoms with Gasteiger partial charge in [-0.1, -0.05) is 13.0 Å². The Morgan fingerprint density at radius 3 is 2.90 bits per heavy atom. The zero-order valence-electron chi connectivity index (χ0n) is 12.5. The number of pyridine rings is 1. The number of rotatable bonds is 4. The summed E-state index contributed by atoms with van der Waals surface area (Å²) < 4.78 is 2.03. The normalized spacial score (nSPS) is 23.0. The number of hydrogen-bond acceptors (Lipinski definition) is 3. The Labute approximate surface area is 124 Å². The summed E-state index contributed by atoms with van der Waals surface area (Å²) in [6.07, 6.45) is 5.51. The lowest BCUT2D eigenvalue weighted by Crippen LogP contribution is -2.33. The van der Waals surface area contributed by atoms with Crippen molar-refractivity contribution in [1.82, 2.24) is 14.3 Å². The van der Waals surface area contributed by atoms with Gasteiger partial charge in [-0.05, 0) is 37.9 Å². The molecule has 1 atom stereocenters. The molecule has 1 unspecified atom stereocenters. The first-order valence-corrected chi connectivity index (χ1v) is 7.42. The first kappa shape index (κ1) is 14.1. The molecule has 2 aromatic heterocycles. The lowest BCUT2D eigenvalue weighted by molar-refractivity contribution is -0.148. The molecule has 0 radical (unpaired) electrons. The van der Waals surface area contributed by atoms with Crippen molar-refractivity contribution in [2.45, 2.75) is 33.2 Å². The predicted octanol–water partition coefficient (Wildman–Crippen LogP) is 2.33. The van der Waals surface area contributed by atoms with Crippen molar-refractivity contribution in [2.24, 2.45) is 5.41 Å². The molecule has 0 bridgehead atoms. The first-order chi connectivity index (χ1) is 10.0. The van der Waals surface area contributed by atoms with Crippen LogP contribution in [0.1, 0.15) is 31.0 Å². The van der Waals surface area contributed by atoms with E-state index in [0.717, 1.165) is 30.9 Å². The number of imidazole rings is 1. The third kappa shape index (κ3) is 2.53. The number of carbonyl (C=O) groups is 1. The van der Waals surface area contributed by atoms with Crippen molar-refractivity contribution in [3.05, 3.63) is 35.8 Å². The Kier molecular flexibility index (Phi) is 3.45. The maximum atomic E-state index is 11.5. The van der Waals surface area contributed by atoms with Crippen LogP contribution in [0.2, 0.25) is 0 Å². The van der Waals surface area contributed by atoms with E-state index in [0.29, 0.717) is 13.0 Å². The van der Waals surface area contributed by atoms with Gasteiger partial charge in [-0.25, -0.2) is 4.98 Å². The standard InChI is InChI=1S/C16H21N3O2/c1-3-16(15(20)21)6-7-18(11-16)9-13-10-19-8-12(2)4-5-14(19)17-13/h4-5,8,10H,3,6-7,9,11H2,1-2H3,(H,20,21). The van der Waals surface area contributed by atoms with Crippen LogP contribution in [-0.2, 0) is 11.3 Å². The monoisotopic (exact) mass is 287 g/mol. The van der Waals surface area contributed by atoms with Crippen LogP contribution >= 0.6 is 0 Å². The van der Waals surface area contributed by atoms with Crippen molar-refractivity contribution in [2.75, 3.05) is 13.1 Å². The summed E-state index contributed by atoms with van der Waals surface area (Å²) in [6, 6.07) is 4.06. The molecule has 1 aliphatic heterocycles. The van der Waals surface area contributed by atoms with Gasteiger partial charge in [0.1, 0.15) is 5.65 Å². The van der Waals surface area contributed by atoms with Gasteiger partial charge in [-0.15, -0.1) is 0 Å². The Morgan fingerprint density at radius 1 is 1.43 bits per heavy atom. The SMILES string of the molecule is CCC1(C(=O)O)CCN(Cc2cn3cc(C)ccc3n2)C1. The third-order valence-corrected chi connectivity index (χ3v) is 4.60. The van der Waals surface area contributed by atoms with Gasteiger partial charge in [-0.2, -0.15) is 0 Å². The van der Waals surface area contributed by atoms with Crippen LogP contribution in [0.4, 0.5) is 0 Å². The lowest BCUT2D eigenvalue weighted by Gasteiger charge is -2.22. The minimum absolute atomic E-state index is 0.574. The van der Waals surface area contributed by atoms with Gasteiger partial charge in [0.2, 0.25) is 0 Å². The van der Waals surface area contributed by atoms with E-state index >= 15 is 0 Å². The van der Waals surface area contributed by atoms with E-state index in [1.165, 1.54) is 5.56 Å². The van der Waals surface area contributed by atoms with Crippen molar-refractivity contribution in [3.63, 3.8) is 0 Å². The highest BCUT2D eigenvalue weighted by Gasteiger charge is 2.43. The van der Waals surface area contributed by atoms with Crippen LogP contribution in [-0.4, -0.2) is 38.4 Å². The summed E-state index contributed by atoms with van der Waals surface area (Å²) >= 11 is 0. The molecule has 1 saturated heterocycles. The van der Waals surface area contributed by atoms with Crippen molar-refractivity contribution >= 4 is 11.6 Å². The van der Waals surface area contributed by atoms with Gasteiger partial charge in [0.05, 0.1) is 11.1 Å². The summed E-state index contributed by atoms with van der Waals surface area (Å²) in [6.45, 7) is 6.18. The number of likely N-dealkylation sites (tertiary alicyclic amines) is 1. The highest BCUT2D eigenvalue weighted by atomic mass is 16.4. The Morgan fingerprint density at radius 2 is 2.24 bits per heavy atom. The number of carboxylic acids is 1. The lowest BCUT2D eigenvalue weighted by atomic mass is 9.84. The zero-order valence-corrected chi connectivity index (χ0v) is 12.5. The highest BCUT2D eigenvalue weighted by molar-refractivity contribution is 5.75. The number of aliphatic carboxylic acids is 1. The average molecular weight is 287 g/mol. The van der Waals surface area contributed by atoms with Crippen LogP contribution in [0.25, 0.3) is 5.65 Å². The molecule has 1 aliphatic rings. The smallest absolute Gasteiger partial charge is 0.310 e. The van der Waals surface area contributed by atoms with E-state index in [1.807, 2.05) is 23.6 Å². The van der Waals surface area contributed by atoms with Gasteiger partial charge in [0, 0.05) is 25.5 Å². The van der Waals surface area contributed by atoms with Crippen molar-refractivity contribution < 1.29 is 9.90 Å². The second-order valence-electron chi connectivity index (χ2n) is 6.10. The summed E-state index contributed by atoms with van der Waals surface area (Å²) in [4.78, 5) is 18.3. The fraction of sp³-hybridized carbons (Fsp3) is 0.500. The van der Waals surface area contributed by atoms with Crippen LogP contribution in [0.5, 0.6) is 0 Å². The molecule has 112 valence electrons. The molecule has 0 aromatic carbocycles. The van der Waals surface area contributed by atoms with Crippen molar-refractivity contribution in [3.8, 4) is 0 Å². The van der Waals surface area contributed by atoms with Crippen LogP contribution in [0.15, 0.2) is 24.5 Å². The molecule has 2 aromatic rings. The summed E-state index contributed by atoms with van der Waals surface area (Å²) in [5.74, 6) is -0.668. The Balaban J connectivity index is 1.76. The number of hydrogen-bond donors (Lipinski definition) is 1. The fourth-order valence-corrected chi connectivity index (χ4v) is 3.17. The zero-order chi connectivity index (χ0) is 15.0. The molecule has 1 fully saturated rings. The van der Waals surface area contributed by atoms with Crippen LogP contribution in [0.3, 0.4) is 0 Å². The topological polar surface area (TPSA) is 57.8 Å². The van der Waals surface area contributed by atoms with Crippen molar-refractivity contribution in [1.29, 1.82) is 0 Å². The van der Waals surface area contributed by atoms with Gasteiger partial charge < -0.3 is 9.51 Å². The molecular weight excluding hydrogens is 266 g/mol. The number of carboxylic acid groups (broad SMARTS) is 1. The molecular formula is C16H21N3O2. The molecule has 0 aliphatic carbocycles. The minimum atomic E-state index is -0.668. The van der Waals surface area contributed by atoms with Gasteiger partial charge in [-0.3, -0.25) is 9.69 Å². The second-order valence-corrected chi connectivity index (χ2v) is 6.10. The largest absolute Gasteiger partial charge is 0.481 e. The number of fused-ring (bicyclic) bond motifs is 1. The number of aromatic nitrogens is 2. The second kappa shape index (κ2) is 5.15. The van der Waals surface area contributed by atoms with E-state index in [9.17, 15) is 9.90 Å². The molecule has 0 amide bonds. The van der Waals surface area contributed by atoms with Gasteiger partial charge in [0.15, 0.2) is 0 Å². The maximum absolute atomic E-state index is 11.5. The molecule has 21 heavy (non-hydrogen) atoms. The molecule has 1 N–H and O–H groups in total. The molecule has 5 nitrogen and oxygen atoms in total. The molecule has 3 rings (SSSR count). The summed E-state index contributed by atoms with van der Waals surface area (Å²) in [5, 5.41) is 9.45. The van der Waals surface area contributed by atoms with E-state index < -0.39 is 11.4 Å². The third-order valence-electron chi connectivity index (χ3n) is 4.60. The number of aryl methyl sites for hydroxylation is 1. The highest BCUT2D eigenvalue weighted by Crippen LogP contribution is 2.34. The van der Waals surface area contributed by atoms with Gasteiger partial charge >= 0.3 is 5.97 Å². The summed E-state index contributed by atoms with van der Waals surface area (Å²) in [7, 11) is 0. The minimum Gasteiger partial charge on any atom is -0.481 e. The van der Waals surface area contributed by atoms with E-state index in [2.05, 4.69) is 29.1 Å². The number of nitrogens with zero attached hydrogens (tertiary/aromatic N) is 3. The van der Waals surface area contributed by atoms with Crippen LogP contribution in [0, 0.1) is 12.3 Å². The maximum Gasteiger partial charge on any atom is 0.310 e. The molecule has 5 heteroatoms. The fourth-order valence-electron chi connectivity index (χ4n) is 3.17. The quantitative estimate of drug-likeness (QED) is 0.937. The molecule has 0 saturated carbocycles. The first-order valence-electron chi connectivity index (χ1n) is 7.42. The predicted molar refractivity (Wildman–Crippen MR) is 80.2 cm³/mol. The van der Waals surface area contributed by atoms with Crippen LogP contribution < -0.4 is 0 Å². The molecule has 3 heterocycles. The van der Waals surface area contributed by atoms with E-state index in [4.69, 9.17) is 0 Å². The summed E-state index contributed by atoms with van der Waals surface area (Å²) in [5.41, 5.74) is 2.56. The van der Waals surface area contributed by atoms with Gasteiger partial charge in [0.25, 0.3) is 0 Å². The average Bonchev–Trinajstić information content (AvgIpc) is 3.03. The molecule has 0 spiro atoms. The Hall–Kier alpha value is -1.88. The Bertz CT molecular complexity index is 679.